The van der Waals surface area contributed by atoms with Crippen LogP contribution >= 0.6 is 0 Å². The summed E-state index contributed by atoms with van der Waals surface area (Å²) in [4.78, 5) is 28.5. The van der Waals surface area contributed by atoms with Crippen LogP contribution in [0, 0.1) is 11.3 Å². The summed E-state index contributed by atoms with van der Waals surface area (Å²) in [6.07, 6.45) is -5.50. The van der Waals surface area contributed by atoms with E-state index in [2.05, 4.69) is 6.07 Å². The van der Waals surface area contributed by atoms with Gasteiger partial charge in [-0.05, 0) is 62.1 Å². The van der Waals surface area contributed by atoms with Gasteiger partial charge >= 0.3 is 12.3 Å². The molecule has 3 aromatic carbocycles. The third-order valence-electron chi connectivity index (χ3n) is 6.31. The molecule has 0 fully saturated rings. The molecule has 2 atom stereocenters. The Hall–Kier alpha value is -4.12. The molecule has 37 heavy (non-hydrogen) atoms. The van der Waals surface area contributed by atoms with Crippen molar-refractivity contribution < 1.29 is 27.5 Å². The number of anilines is 1. The minimum atomic E-state index is -4.52. The molecule has 0 saturated heterocycles. The van der Waals surface area contributed by atoms with Crippen molar-refractivity contribution in [3.05, 3.63) is 101 Å². The normalized spacial score (nSPS) is 18.2. The molecule has 4 rings (SSSR count). The average molecular weight is 507 g/mol. The van der Waals surface area contributed by atoms with E-state index in [4.69, 9.17) is 4.74 Å². The maximum atomic E-state index is 14.3. The van der Waals surface area contributed by atoms with Crippen LogP contribution in [0.1, 0.15) is 48.9 Å². The molecule has 1 heterocycles. The highest BCUT2D eigenvalue weighted by Gasteiger charge is 2.58. The molecule has 0 N–H and O–H groups in total. The molecule has 3 aromatic rings. The van der Waals surface area contributed by atoms with Gasteiger partial charge in [0, 0.05) is 0 Å². The molecule has 8 heteroatoms. The Morgan fingerprint density at radius 3 is 2.14 bits per heavy atom. The summed E-state index contributed by atoms with van der Waals surface area (Å²) in [6.45, 7) is 5.03. The van der Waals surface area contributed by atoms with Crippen LogP contribution in [0.5, 0.6) is 0 Å². The Balaban J connectivity index is 1.92. The third kappa shape index (κ3) is 4.82. The first kappa shape index (κ1) is 26.0. The van der Waals surface area contributed by atoms with Crippen LogP contribution in [0.25, 0.3) is 0 Å². The van der Waals surface area contributed by atoms with E-state index in [1.54, 1.807) is 75.4 Å². The van der Waals surface area contributed by atoms with E-state index in [0.717, 1.165) is 17.0 Å². The molecule has 0 radical (unpaired) electrons. The Bertz CT molecular complexity index is 1360. The van der Waals surface area contributed by atoms with Crippen LogP contribution in [0.2, 0.25) is 0 Å². The van der Waals surface area contributed by atoms with Gasteiger partial charge in [-0.25, -0.2) is 9.69 Å². The van der Waals surface area contributed by atoms with Crippen LogP contribution in [0.15, 0.2) is 78.9 Å². The SMILES string of the molecule is CC(C)(C)OC(=O)N1C(=O)[C@@](Cc2ccc(C(F)(F)F)cc2)([C@@H](C#N)c2ccccc2)c2ccccc21. The number of nitriles is 1. The topological polar surface area (TPSA) is 70.4 Å². The monoisotopic (exact) mass is 506 g/mol. The van der Waals surface area contributed by atoms with Crippen molar-refractivity contribution in [3.8, 4) is 6.07 Å². The summed E-state index contributed by atoms with van der Waals surface area (Å²) < 4.78 is 45.1. The van der Waals surface area contributed by atoms with E-state index >= 15 is 0 Å². The average Bonchev–Trinajstić information content (AvgIpc) is 3.07. The number of hydrogen-bond acceptors (Lipinski definition) is 4. The number of hydrogen-bond donors (Lipinski definition) is 0. The van der Waals surface area contributed by atoms with Gasteiger partial charge in [0.15, 0.2) is 0 Å². The molecule has 0 bridgehead atoms. The van der Waals surface area contributed by atoms with Crippen molar-refractivity contribution >= 4 is 17.7 Å². The fraction of sp³-hybridized carbons (Fsp3) is 0.276. The number of benzene rings is 3. The van der Waals surface area contributed by atoms with E-state index < -0.39 is 40.7 Å². The number of ether oxygens (including phenoxy) is 1. The van der Waals surface area contributed by atoms with Gasteiger partial charge in [-0.3, -0.25) is 4.79 Å². The maximum Gasteiger partial charge on any atom is 0.421 e. The van der Waals surface area contributed by atoms with Crippen LogP contribution < -0.4 is 4.90 Å². The Morgan fingerprint density at radius 2 is 1.57 bits per heavy atom. The van der Waals surface area contributed by atoms with Gasteiger partial charge in [-0.2, -0.15) is 18.4 Å². The molecule has 0 saturated carbocycles. The van der Waals surface area contributed by atoms with E-state index in [1.165, 1.54) is 12.1 Å². The van der Waals surface area contributed by atoms with Gasteiger partial charge in [0.1, 0.15) is 11.0 Å². The molecular weight excluding hydrogens is 481 g/mol. The number of fused-ring (bicyclic) bond motifs is 1. The molecule has 0 aliphatic carbocycles. The van der Waals surface area contributed by atoms with Crippen molar-refractivity contribution in [2.24, 2.45) is 0 Å². The molecular formula is C29H25F3N2O3. The number of para-hydroxylation sites is 1. The predicted molar refractivity (Wildman–Crippen MR) is 132 cm³/mol. The highest BCUT2D eigenvalue weighted by Crippen LogP contribution is 2.52. The second-order valence-corrected chi connectivity index (χ2v) is 9.95. The highest BCUT2D eigenvalue weighted by molar-refractivity contribution is 6.21. The lowest BCUT2D eigenvalue weighted by Gasteiger charge is -2.33. The number of halogens is 3. The summed E-state index contributed by atoms with van der Waals surface area (Å²) in [7, 11) is 0. The van der Waals surface area contributed by atoms with Crippen molar-refractivity contribution in [3.63, 3.8) is 0 Å². The summed E-state index contributed by atoms with van der Waals surface area (Å²) in [5.41, 5.74) is -1.63. The van der Waals surface area contributed by atoms with Crippen LogP contribution in [0.3, 0.4) is 0 Å². The number of carbonyl (C=O) groups is 2. The standard InChI is InChI=1S/C29H25F3N2O3/c1-27(2,3)37-26(36)34-24-12-8-7-11-22(24)28(25(34)35,23(18-33)20-9-5-4-6-10-20)17-19-13-15-21(16-14-19)29(30,31)32/h4-16,23H,17H2,1-3H3/t23-,28+/m0/s1. The molecule has 0 unspecified atom stereocenters. The maximum absolute atomic E-state index is 14.3. The quantitative estimate of drug-likeness (QED) is 0.391. The summed E-state index contributed by atoms with van der Waals surface area (Å²) >= 11 is 0. The smallest absolute Gasteiger partial charge is 0.421 e. The number of nitrogens with zero attached hydrogens (tertiary/aromatic N) is 2. The number of alkyl halides is 3. The fourth-order valence-electron chi connectivity index (χ4n) is 4.76. The van der Waals surface area contributed by atoms with Gasteiger partial charge in [0.2, 0.25) is 5.91 Å². The first-order chi connectivity index (χ1) is 17.4. The van der Waals surface area contributed by atoms with Crippen molar-refractivity contribution in [1.82, 2.24) is 0 Å². The van der Waals surface area contributed by atoms with Gasteiger partial charge in [0.25, 0.3) is 0 Å². The molecule has 2 amide bonds. The zero-order chi connectivity index (χ0) is 27.0. The number of carbonyl (C=O) groups excluding carboxylic acids is 2. The van der Waals surface area contributed by atoms with Crippen molar-refractivity contribution in [1.29, 1.82) is 5.26 Å². The number of imide groups is 1. The van der Waals surface area contributed by atoms with Crippen LogP contribution in [0.4, 0.5) is 23.7 Å². The minimum absolute atomic E-state index is 0.104. The Kier molecular flexibility index (Phi) is 6.59. The second-order valence-electron chi connectivity index (χ2n) is 9.95. The van der Waals surface area contributed by atoms with Gasteiger partial charge in [-0.1, -0.05) is 60.7 Å². The number of rotatable bonds is 4. The lowest BCUT2D eigenvalue weighted by atomic mass is 9.65. The zero-order valence-corrected chi connectivity index (χ0v) is 20.5. The largest absolute Gasteiger partial charge is 0.443 e. The van der Waals surface area contributed by atoms with Gasteiger partial charge in [0.05, 0.1) is 23.2 Å². The third-order valence-corrected chi connectivity index (χ3v) is 6.31. The summed E-state index contributed by atoms with van der Waals surface area (Å²) in [6, 6.07) is 22.1. The molecule has 0 spiro atoms. The van der Waals surface area contributed by atoms with E-state index in [-0.39, 0.29) is 12.1 Å². The number of amides is 2. The second kappa shape index (κ2) is 9.40. The lowest BCUT2D eigenvalue weighted by Crippen LogP contribution is -2.49. The lowest BCUT2D eigenvalue weighted by molar-refractivity contribution is -0.137. The van der Waals surface area contributed by atoms with Gasteiger partial charge in [-0.15, -0.1) is 0 Å². The molecule has 0 aromatic heterocycles. The molecule has 190 valence electrons. The first-order valence-electron chi connectivity index (χ1n) is 11.7. The van der Waals surface area contributed by atoms with E-state index in [0.29, 0.717) is 16.7 Å². The van der Waals surface area contributed by atoms with Crippen molar-refractivity contribution in [2.45, 2.75) is 50.3 Å². The zero-order valence-electron chi connectivity index (χ0n) is 20.5. The van der Waals surface area contributed by atoms with Gasteiger partial charge < -0.3 is 4.74 Å². The Morgan fingerprint density at radius 1 is 0.973 bits per heavy atom. The fourth-order valence-corrected chi connectivity index (χ4v) is 4.76. The Labute approximate surface area is 213 Å². The van der Waals surface area contributed by atoms with Crippen LogP contribution in [-0.2, 0) is 27.5 Å². The highest BCUT2D eigenvalue weighted by atomic mass is 19.4. The molecule has 1 aliphatic heterocycles. The predicted octanol–water partition coefficient (Wildman–Crippen LogP) is 6.77. The van der Waals surface area contributed by atoms with Crippen molar-refractivity contribution in [2.75, 3.05) is 4.90 Å². The molecule has 1 aliphatic rings. The summed E-state index contributed by atoms with van der Waals surface area (Å²) in [5.74, 6) is -1.71. The minimum Gasteiger partial charge on any atom is -0.443 e. The molecule has 5 nitrogen and oxygen atoms in total. The van der Waals surface area contributed by atoms with E-state index in [1.807, 2.05) is 0 Å². The van der Waals surface area contributed by atoms with E-state index in [9.17, 15) is 28.0 Å². The summed E-state index contributed by atoms with van der Waals surface area (Å²) in [5, 5.41) is 10.4. The van der Waals surface area contributed by atoms with Crippen LogP contribution in [-0.4, -0.2) is 17.6 Å². The first-order valence-corrected chi connectivity index (χ1v) is 11.7.